The first-order valence-corrected chi connectivity index (χ1v) is 15.2. The molecule has 2 atom stereocenters. The number of carbonyl (C=O) groups excluding carboxylic acids is 2. The minimum Gasteiger partial charge on any atom is -0.496 e. The van der Waals surface area contributed by atoms with E-state index in [1.165, 1.54) is 0 Å². The fraction of sp³-hybridized carbons (Fsp3) is 0.150. The Bertz CT molecular complexity index is 2000. The van der Waals surface area contributed by atoms with Crippen LogP contribution in [0.3, 0.4) is 0 Å². The van der Waals surface area contributed by atoms with Crippen LogP contribution in [0, 0.1) is 0 Å². The molecule has 46 heavy (non-hydrogen) atoms. The van der Waals surface area contributed by atoms with Crippen molar-refractivity contribution in [2.75, 3.05) is 7.11 Å². The lowest BCUT2D eigenvalue weighted by atomic mass is 9.92. The van der Waals surface area contributed by atoms with Gasteiger partial charge >= 0.3 is 5.97 Å². The van der Waals surface area contributed by atoms with Gasteiger partial charge in [-0.2, -0.15) is 0 Å². The molecule has 0 fully saturated rings. The Kier molecular flexibility index (Phi) is 8.97. The van der Waals surface area contributed by atoms with Crippen molar-refractivity contribution in [3.05, 3.63) is 127 Å². The molecule has 0 saturated heterocycles. The topological polar surface area (TPSA) is 71.1 Å². The fourth-order valence-electron chi connectivity index (χ4n) is 5.86. The molecule has 2 unspecified atom stereocenters. The number of fused-ring (bicyclic) bond motifs is 2. The highest BCUT2D eigenvalue weighted by molar-refractivity contribution is 6.10. The fourth-order valence-corrected chi connectivity index (χ4v) is 5.86. The lowest BCUT2D eigenvalue weighted by Gasteiger charge is -2.18. The second-order valence-corrected chi connectivity index (χ2v) is 11.2. The Hall–Kier alpha value is -5.62. The van der Waals surface area contributed by atoms with Gasteiger partial charge in [0.25, 0.3) is 6.47 Å². The Balaban J connectivity index is 1.26. The van der Waals surface area contributed by atoms with Gasteiger partial charge in [-0.15, -0.1) is 0 Å². The summed E-state index contributed by atoms with van der Waals surface area (Å²) in [4.78, 5) is 24.1. The molecule has 0 saturated carbocycles. The lowest BCUT2D eigenvalue weighted by Crippen LogP contribution is -2.20. The molecule has 0 aliphatic heterocycles. The highest BCUT2D eigenvalue weighted by Gasteiger charge is 2.21. The van der Waals surface area contributed by atoms with Gasteiger partial charge in [0.15, 0.2) is 0 Å². The van der Waals surface area contributed by atoms with Crippen molar-refractivity contribution in [2.45, 2.75) is 32.5 Å². The van der Waals surface area contributed by atoms with Crippen molar-refractivity contribution in [3.8, 4) is 39.5 Å². The van der Waals surface area contributed by atoms with E-state index in [0.717, 1.165) is 49.5 Å². The summed E-state index contributed by atoms with van der Waals surface area (Å²) in [5.41, 5.74) is 4.06. The largest absolute Gasteiger partial charge is 0.496 e. The number of ether oxygens (including phenoxy) is 4. The summed E-state index contributed by atoms with van der Waals surface area (Å²) in [5, 5.41) is 4.06. The zero-order valence-electron chi connectivity index (χ0n) is 25.9. The van der Waals surface area contributed by atoms with Gasteiger partial charge < -0.3 is 18.9 Å². The predicted octanol–water partition coefficient (Wildman–Crippen LogP) is 9.27. The standard InChI is InChI=1S/C40H34O6/c1-26(44-25-41)24-27(2)45-33-20-16-29(17-21-33)28-12-14-32(15-13-28)40(42)46-37-23-19-31-9-5-7-11-35(31)39(37)38-34-10-6-4-8-30(34)18-22-36(38)43-3/h4-23,25-27H,24H2,1-3H3. The summed E-state index contributed by atoms with van der Waals surface area (Å²) >= 11 is 0. The Labute approximate surface area is 268 Å². The van der Waals surface area contributed by atoms with Crippen LogP contribution in [0.5, 0.6) is 17.2 Å². The van der Waals surface area contributed by atoms with E-state index in [2.05, 4.69) is 12.1 Å². The van der Waals surface area contributed by atoms with Crippen LogP contribution in [0.15, 0.2) is 121 Å². The summed E-state index contributed by atoms with van der Waals surface area (Å²) in [6, 6.07) is 39.1. The van der Waals surface area contributed by atoms with Crippen molar-refractivity contribution < 1.29 is 28.5 Å². The molecular weight excluding hydrogens is 576 g/mol. The van der Waals surface area contributed by atoms with E-state index in [9.17, 15) is 9.59 Å². The van der Waals surface area contributed by atoms with Crippen molar-refractivity contribution in [2.24, 2.45) is 0 Å². The van der Waals surface area contributed by atoms with Gasteiger partial charge in [0.05, 0.1) is 18.8 Å². The van der Waals surface area contributed by atoms with Gasteiger partial charge in [-0.25, -0.2) is 4.79 Å². The summed E-state index contributed by atoms with van der Waals surface area (Å²) < 4.78 is 22.9. The summed E-state index contributed by atoms with van der Waals surface area (Å²) in [5.74, 6) is 1.43. The molecule has 6 aromatic carbocycles. The van der Waals surface area contributed by atoms with Gasteiger partial charge in [0, 0.05) is 17.5 Å². The van der Waals surface area contributed by atoms with Crippen molar-refractivity contribution in [1.29, 1.82) is 0 Å². The van der Waals surface area contributed by atoms with Crippen LogP contribution in [-0.4, -0.2) is 31.8 Å². The zero-order chi connectivity index (χ0) is 32.0. The van der Waals surface area contributed by atoms with E-state index >= 15 is 0 Å². The number of hydrogen-bond donors (Lipinski definition) is 0. The molecule has 0 spiro atoms. The first kappa shape index (κ1) is 30.4. The molecule has 230 valence electrons. The predicted molar refractivity (Wildman–Crippen MR) is 182 cm³/mol. The Morgan fingerprint density at radius 3 is 1.78 bits per heavy atom. The maximum atomic E-state index is 13.6. The molecule has 6 rings (SSSR count). The van der Waals surface area contributed by atoms with Gasteiger partial charge in [-0.1, -0.05) is 84.9 Å². The molecule has 0 aliphatic carbocycles. The van der Waals surface area contributed by atoms with Gasteiger partial charge in [0.2, 0.25) is 0 Å². The molecular formula is C40H34O6. The van der Waals surface area contributed by atoms with E-state index in [1.54, 1.807) is 19.2 Å². The molecule has 0 bridgehead atoms. The minimum atomic E-state index is -0.451. The summed E-state index contributed by atoms with van der Waals surface area (Å²) in [6.45, 7) is 4.23. The quantitative estimate of drug-likeness (QED) is 0.0827. The number of hydrogen-bond acceptors (Lipinski definition) is 6. The third-order valence-electron chi connectivity index (χ3n) is 8.05. The molecule has 0 radical (unpaired) electrons. The van der Waals surface area contributed by atoms with E-state index in [0.29, 0.717) is 30.0 Å². The minimum absolute atomic E-state index is 0.115. The molecule has 0 aliphatic rings. The maximum Gasteiger partial charge on any atom is 0.343 e. The molecule has 0 heterocycles. The van der Waals surface area contributed by atoms with Crippen molar-refractivity contribution >= 4 is 34.0 Å². The third-order valence-corrected chi connectivity index (χ3v) is 8.05. The number of rotatable bonds is 11. The van der Waals surface area contributed by atoms with Crippen molar-refractivity contribution in [3.63, 3.8) is 0 Å². The van der Waals surface area contributed by atoms with Gasteiger partial charge in [-0.05, 0) is 82.9 Å². The lowest BCUT2D eigenvalue weighted by molar-refractivity contribution is -0.133. The van der Waals surface area contributed by atoms with Crippen LogP contribution < -0.4 is 14.2 Å². The molecule has 0 N–H and O–H groups in total. The van der Waals surface area contributed by atoms with Crippen LogP contribution in [0.1, 0.15) is 30.6 Å². The monoisotopic (exact) mass is 610 g/mol. The Morgan fingerprint density at radius 2 is 1.20 bits per heavy atom. The van der Waals surface area contributed by atoms with Gasteiger partial charge in [0.1, 0.15) is 23.4 Å². The van der Waals surface area contributed by atoms with E-state index in [4.69, 9.17) is 18.9 Å². The molecule has 6 aromatic rings. The van der Waals surface area contributed by atoms with Crippen LogP contribution in [0.2, 0.25) is 0 Å². The number of methoxy groups -OCH3 is 1. The first-order chi connectivity index (χ1) is 22.4. The highest BCUT2D eigenvalue weighted by Crippen LogP contribution is 2.45. The molecule has 6 heteroatoms. The van der Waals surface area contributed by atoms with Crippen LogP contribution in [0.25, 0.3) is 43.8 Å². The molecule has 0 amide bonds. The van der Waals surface area contributed by atoms with Crippen LogP contribution in [-0.2, 0) is 9.53 Å². The second-order valence-electron chi connectivity index (χ2n) is 11.2. The van der Waals surface area contributed by atoms with Gasteiger partial charge in [-0.3, -0.25) is 4.79 Å². The van der Waals surface area contributed by atoms with E-state index in [-0.39, 0.29) is 12.2 Å². The SMILES string of the molecule is COc1ccc2ccccc2c1-c1c(OC(=O)c2ccc(-c3ccc(OC(C)CC(C)OC=O)cc3)cc2)ccc2ccccc12. The number of carbonyl (C=O) groups is 2. The number of benzene rings is 6. The maximum absolute atomic E-state index is 13.6. The average molecular weight is 611 g/mol. The third kappa shape index (κ3) is 6.42. The Morgan fingerprint density at radius 1 is 0.652 bits per heavy atom. The van der Waals surface area contributed by atoms with E-state index < -0.39 is 5.97 Å². The zero-order valence-corrected chi connectivity index (χ0v) is 25.9. The van der Waals surface area contributed by atoms with Crippen molar-refractivity contribution in [1.82, 2.24) is 0 Å². The van der Waals surface area contributed by atoms with Crippen LogP contribution in [0.4, 0.5) is 0 Å². The summed E-state index contributed by atoms with van der Waals surface area (Å²) in [7, 11) is 1.65. The molecule has 6 nitrogen and oxygen atoms in total. The summed E-state index contributed by atoms with van der Waals surface area (Å²) in [6.07, 6.45) is 0.260. The second kappa shape index (κ2) is 13.6. The number of esters is 1. The smallest absolute Gasteiger partial charge is 0.343 e. The average Bonchev–Trinajstić information content (AvgIpc) is 3.08. The van der Waals surface area contributed by atoms with E-state index in [1.807, 2.05) is 111 Å². The van der Waals surface area contributed by atoms with Crippen LogP contribution >= 0.6 is 0 Å². The highest BCUT2D eigenvalue weighted by atomic mass is 16.5. The first-order valence-electron chi connectivity index (χ1n) is 15.2. The normalized spacial score (nSPS) is 12.3. The molecule has 0 aromatic heterocycles.